The lowest BCUT2D eigenvalue weighted by Crippen LogP contribution is -2.18. The minimum Gasteiger partial charge on any atom is -0.370 e. The van der Waals surface area contributed by atoms with E-state index in [-0.39, 0.29) is 0 Å². The maximum Gasteiger partial charge on any atom is 0.191 e. The topological polar surface area (TPSA) is 53.9 Å². The Morgan fingerprint density at radius 1 is 1.40 bits per heavy atom. The van der Waals surface area contributed by atoms with Gasteiger partial charge < -0.3 is 10.2 Å². The van der Waals surface area contributed by atoms with Crippen LogP contribution in [-0.2, 0) is 6.54 Å². The van der Waals surface area contributed by atoms with E-state index in [0.29, 0.717) is 0 Å². The summed E-state index contributed by atoms with van der Waals surface area (Å²) in [5.41, 5.74) is 2.98. The third-order valence-corrected chi connectivity index (χ3v) is 4.32. The minimum absolute atomic E-state index is 0.784. The molecular weight excluding hydrogens is 290 g/mol. The highest BCUT2D eigenvalue weighted by Crippen LogP contribution is 2.22. The largest absolute Gasteiger partial charge is 0.370 e. The highest BCUT2D eigenvalue weighted by Gasteiger charge is 2.11. The van der Waals surface area contributed by atoms with E-state index in [9.17, 15) is 0 Å². The molecule has 0 unspecified atom stereocenters. The second-order valence-electron chi connectivity index (χ2n) is 4.35. The smallest absolute Gasteiger partial charge is 0.191 e. The van der Waals surface area contributed by atoms with Crippen LogP contribution >= 0.6 is 23.1 Å². The van der Waals surface area contributed by atoms with E-state index in [0.717, 1.165) is 35.6 Å². The first-order valence-electron chi connectivity index (χ1n) is 6.41. The highest BCUT2D eigenvalue weighted by atomic mass is 32.2. The fourth-order valence-electron chi connectivity index (χ4n) is 1.75. The maximum atomic E-state index is 4.57. The zero-order chi connectivity index (χ0) is 14.5. The van der Waals surface area contributed by atoms with Crippen molar-refractivity contribution < 1.29 is 0 Å². The number of thiazole rings is 1. The van der Waals surface area contributed by atoms with Gasteiger partial charge in [0.25, 0.3) is 0 Å². The molecule has 2 heterocycles. The number of aromatic nitrogens is 3. The number of nitrogens with zero attached hydrogens (tertiary/aromatic N) is 4. The van der Waals surface area contributed by atoms with Gasteiger partial charge in [0.1, 0.15) is 11.6 Å². The maximum absolute atomic E-state index is 4.57. The van der Waals surface area contributed by atoms with Crippen molar-refractivity contribution >= 4 is 34.7 Å². The molecule has 0 saturated heterocycles. The number of thioether (sulfide) groups is 1. The predicted molar refractivity (Wildman–Crippen MR) is 86.9 cm³/mol. The van der Waals surface area contributed by atoms with Crippen LogP contribution in [-0.4, -0.2) is 34.8 Å². The van der Waals surface area contributed by atoms with Crippen LogP contribution in [0.15, 0.2) is 16.7 Å². The Balaban J connectivity index is 2.22. The van der Waals surface area contributed by atoms with Crippen LogP contribution in [0.4, 0.5) is 11.6 Å². The van der Waals surface area contributed by atoms with Crippen LogP contribution in [0.25, 0.3) is 0 Å². The molecule has 0 spiro atoms. The first-order chi connectivity index (χ1) is 9.63. The molecule has 0 aliphatic carbocycles. The summed E-state index contributed by atoms with van der Waals surface area (Å²) < 4.78 is 0. The zero-order valence-electron chi connectivity index (χ0n) is 12.2. The SMILES string of the molecule is CCNc1cc(N(C)Cc2scnc2C)nc(SC)n1. The number of nitrogens with one attached hydrogen (secondary N) is 1. The van der Waals surface area contributed by atoms with E-state index in [1.54, 1.807) is 23.1 Å². The van der Waals surface area contributed by atoms with Gasteiger partial charge >= 0.3 is 0 Å². The lowest BCUT2D eigenvalue weighted by Gasteiger charge is -2.19. The van der Waals surface area contributed by atoms with E-state index in [1.165, 1.54) is 4.88 Å². The number of rotatable bonds is 6. The fraction of sp³-hybridized carbons (Fsp3) is 0.462. The number of hydrogen-bond donors (Lipinski definition) is 1. The molecule has 108 valence electrons. The second kappa shape index (κ2) is 6.90. The van der Waals surface area contributed by atoms with Crippen LogP contribution in [0.3, 0.4) is 0 Å². The van der Waals surface area contributed by atoms with E-state index < -0.39 is 0 Å². The lowest BCUT2D eigenvalue weighted by atomic mass is 10.3. The van der Waals surface area contributed by atoms with Crippen LogP contribution in [0.5, 0.6) is 0 Å². The summed E-state index contributed by atoms with van der Waals surface area (Å²) in [7, 11) is 2.04. The van der Waals surface area contributed by atoms with Gasteiger partial charge in [0, 0.05) is 24.5 Å². The Hall–Kier alpha value is -1.34. The molecule has 0 aliphatic rings. The molecule has 0 saturated carbocycles. The Morgan fingerprint density at radius 3 is 2.80 bits per heavy atom. The Labute approximate surface area is 127 Å². The molecule has 7 heteroatoms. The van der Waals surface area contributed by atoms with Crippen molar-refractivity contribution in [3.63, 3.8) is 0 Å². The fourth-order valence-corrected chi connectivity index (χ4v) is 2.95. The molecule has 2 rings (SSSR count). The molecule has 1 N–H and O–H groups in total. The third kappa shape index (κ3) is 3.61. The van der Waals surface area contributed by atoms with Gasteiger partial charge in [-0.2, -0.15) is 0 Å². The van der Waals surface area contributed by atoms with E-state index >= 15 is 0 Å². The Kier molecular flexibility index (Phi) is 5.19. The first-order valence-corrected chi connectivity index (χ1v) is 8.51. The molecule has 2 aromatic heterocycles. The van der Waals surface area contributed by atoms with Crippen molar-refractivity contribution in [1.29, 1.82) is 0 Å². The molecule has 0 bridgehead atoms. The van der Waals surface area contributed by atoms with E-state index in [1.807, 2.05) is 31.8 Å². The molecule has 0 amide bonds. The third-order valence-electron chi connectivity index (χ3n) is 2.85. The quantitative estimate of drug-likeness (QED) is 0.654. The van der Waals surface area contributed by atoms with Crippen molar-refractivity contribution in [2.45, 2.75) is 25.5 Å². The van der Waals surface area contributed by atoms with Crippen LogP contribution in [0, 0.1) is 6.92 Å². The highest BCUT2D eigenvalue weighted by molar-refractivity contribution is 7.98. The number of anilines is 2. The average molecular weight is 309 g/mol. The second-order valence-corrected chi connectivity index (χ2v) is 6.06. The molecule has 20 heavy (non-hydrogen) atoms. The van der Waals surface area contributed by atoms with Gasteiger partial charge in [0.15, 0.2) is 5.16 Å². The molecule has 0 aromatic carbocycles. The van der Waals surface area contributed by atoms with E-state index in [2.05, 4.69) is 32.1 Å². The number of aryl methyl sites for hydroxylation is 1. The van der Waals surface area contributed by atoms with Crippen molar-refractivity contribution in [2.75, 3.05) is 30.1 Å². The summed E-state index contributed by atoms with van der Waals surface area (Å²) in [6.07, 6.45) is 1.99. The van der Waals surface area contributed by atoms with Gasteiger partial charge in [-0.1, -0.05) is 11.8 Å². The van der Waals surface area contributed by atoms with Gasteiger partial charge in [-0.15, -0.1) is 11.3 Å². The van der Waals surface area contributed by atoms with Crippen molar-refractivity contribution in [3.8, 4) is 0 Å². The van der Waals surface area contributed by atoms with Crippen LogP contribution in [0.2, 0.25) is 0 Å². The van der Waals surface area contributed by atoms with Gasteiger partial charge in [-0.25, -0.2) is 15.0 Å². The van der Waals surface area contributed by atoms with Gasteiger partial charge in [-0.05, 0) is 20.1 Å². The molecule has 0 fully saturated rings. The molecule has 5 nitrogen and oxygen atoms in total. The molecule has 0 aliphatic heterocycles. The summed E-state index contributed by atoms with van der Waals surface area (Å²) in [6.45, 7) is 5.76. The monoisotopic (exact) mass is 309 g/mol. The zero-order valence-corrected chi connectivity index (χ0v) is 13.8. The van der Waals surface area contributed by atoms with Crippen molar-refractivity contribution in [3.05, 3.63) is 22.1 Å². The van der Waals surface area contributed by atoms with Gasteiger partial charge in [0.05, 0.1) is 17.7 Å². The van der Waals surface area contributed by atoms with Crippen molar-refractivity contribution in [1.82, 2.24) is 15.0 Å². The van der Waals surface area contributed by atoms with Crippen LogP contribution < -0.4 is 10.2 Å². The summed E-state index contributed by atoms with van der Waals surface area (Å²) in [5, 5.41) is 4.03. The first kappa shape index (κ1) is 15.1. The van der Waals surface area contributed by atoms with Crippen molar-refractivity contribution in [2.24, 2.45) is 0 Å². The van der Waals surface area contributed by atoms with Crippen LogP contribution in [0.1, 0.15) is 17.5 Å². The lowest BCUT2D eigenvalue weighted by molar-refractivity contribution is 0.859. The normalized spacial score (nSPS) is 10.6. The summed E-state index contributed by atoms with van der Waals surface area (Å²) in [6, 6.07) is 1.99. The molecule has 2 aromatic rings. The molecular formula is C13H19N5S2. The number of hydrogen-bond acceptors (Lipinski definition) is 7. The summed E-state index contributed by atoms with van der Waals surface area (Å²) in [4.78, 5) is 16.7. The Bertz CT molecular complexity index is 570. The van der Waals surface area contributed by atoms with E-state index in [4.69, 9.17) is 0 Å². The summed E-state index contributed by atoms with van der Waals surface area (Å²) in [5.74, 6) is 1.79. The predicted octanol–water partition coefficient (Wildman–Crippen LogP) is 3.03. The molecule has 0 radical (unpaired) electrons. The standard InChI is InChI=1S/C13H19N5S2/c1-5-14-11-6-12(17-13(16-11)19-4)18(3)7-10-9(2)15-8-20-10/h6,8H,5,7H2,1-4H3,(H,14,16,17). The van der Waals surface area contributed by atoms with Gasteiger partial charge in [0.2, 0.25) is 0 Å². The minimum atomic E-state index is 0.784. The molecule has 0 atom stereocenters. The van der Waals surface area contributed by atoms with Gasteiger partial charge in [-0.3, -0.25) is 0 Å². The summed E-state index contributed by atoms with van der Waals surface area (Å²) >= 11 is 3.23. The Morgan fingerprint density at radius 2 is 2.20 bits per heavy atom. The average Bonchev–Trinajstić information content (AvgIpc) is 2.84.